The highest BCUT2D eigenvalue weighted by Gasteiger charge is 2.08. The lowest BCUT2D eigenvalue weighted by atomic mass is 10.1. The summed E-state index contributed by atoms with van der Waals surface area (Å²) in [6.45, 7) is 3.99. The summed E-state index contributed by atoms with van der Waals surface area (Å²) in [6.07, 6.45) is 0.338. The second-order valence-electron chi connectivity index (χ2n) is 4.84. The third-order valence-electron chi connectivity index (χ3n) is 3.24. The number of hydrogen-bond donors (Lipinski definition) is 1. The van der Waals surface area contributed by atoms with Gasteiger partial charge in [-0.1, -0.05) is 30.3 Å². The molecule has 0 saturated heterocycles. The second kappa shape index (κ2) is 6.24. The standard InChI is InChI=1S/C17H19NO2/c1-12-6-4-7-13(2)17(12)18-16(19)11-14-8-5-9-15(10-14)20-3/h4-10H,11H2,1-3H3,(H,18,19). The van der Waals surface area contributed by atoms with E-state index in [1.54, 1.807) is 7.11 Å². The van der Waals surface area contributed by atoms with Gasteiger partial charge in [0.2, 0.25) is 5.91 Å². The van der Waals surface area contributed by atoms with Crippen molar-refractivity contribution in [2.24, 2.45) is 0 Å². The van der Waals surface area contributed by atoms with E-state index in [2.05, 4.69) is 5.32 Å². The smallest absolute Gasteiger partial charge is 0.228 e. The molecule has 0 saturated carbocycles. The molecule has 0 unspecified atom stereocenters. The number of anilines is 1. The molecule has 0 atom stereocenters. The number of ether oxygens (including phenoxy) is 1. The number of methoxy groups -OCH3 is 1. The number of carbonyl (C=O) groups is 1. The van der Waals surface area contributed by atoms with E-state index in [0.29, 0.717) is 6.42 Å². The molecular formula is C17H19NO2. The van der Waals surface area contributed by atoms with Gasteiger partial charge >= 0.3 is 0 Å². The van der Waals surface area contributed by atoms with Crippen LogP contribution in [0.1, 0.15) is 16.7 Å². The largest absolute Gasteiger partial charge is 0.497 e. The van der Waals surface area contributed by atoms with Gasteiger partial charge in [-0.3, -0.25) is 4.79 Å². The van der Waals surface area contributed by atoms with Gasteiger partial charge in [-0.25, -0.2) is 0 Å². The summed E-state index contributed by atoms with van der Waals surface area (Å²) in [5.41, 5.74) is 3.99. The third-order valence-corrected chi connectivity index (χ3v) is 3.24. The number of aryl methyl sites for hydroxylation is 2. The fourth-order valence-corrected chi connectivity index (χ4v) is 2.16. The molecule has 0 bridgehead atoms. The van der Waals surface area contributed by atoms with E-state index in [0.717, 1.165) is 28.1 Å². The van der Waals surface area contributed by atoms with E-state index in [1.165, 1.54) is 0 Å². The quantitative estimate of drug-likeness (QED) is 0.922. The number of carbonyl (C=O) groups excluding carboxylic acids is 1. The molecule has 0 radical (unpaired) electrons. The Kier molecular flexibility index (Phi) is 4.41. The predicted octanol–water partition coefficient (Wildman–Crippen LogP) is 3.49. The van der Waals surface area contributed by atoms with Crippen molar-refractivity contribution in [2.45, 2.75) is 20.3 Å². The Morgan fingerprint density at radius 3 is 2.40 bits per heavy atom. The zero-order chi connectivity index (χ0) is 14.5. The summed E-state index contributed by atoms with van der Waals surface area (Å²) in [7, 11) is 1.62. The lowest BCUT2D eigenvalue weighted by molar-refractivity contribution is -0.115. The van der Waals surface area contributed by atoms with Gasteiger partial charge in [0, 0.05) is 5.69 Å². The average Bonchev–Trinajstić information content (AvgIpc) is 2.43. The Morgan fingerprint density at radius 2 is 1.75 bits per heavy atom. The lowest BCUT2D eigenvalue weighted by Crippen LogP contribution is -2.16. The van der Waals surface area contributed by atoms with Crippen LogP contribution in [0.15, 0.2) is 42.5 Å². The molecule has 0 spiro atoms. The molecule has 0 aliphatic carbocycles. The number of para-hydroxylation sites is 1. The summed E-state index contributed by atoms with van der Waals surface area (Å²) in [5.74, 6) is 0.748. The predicted molar refractivity (Wildman–Crippen MR) is 81.2 cm³/mol. The first-order valence-corrected chi connectivity index (χ1v) is 6.59. The summed E-state index contributed by atoms with van der Waals surface area (Å²) < 4.78 is 5.16. The van der Waals surface area contributed by atoms with Gasteiger partial charge in [-0.05, 0) is 42.7 Å². The number of amides is 1. The molecule has 20 heavy (non-hydrogen) atoms. The average molecular weight is 269 g/mol. The van der Waals surface area contributed by atoms with Crippen molar-refractivity contribution < 1.29 is 9.53 Å². The highest BCUT2D eigenvalue weighted by Crippen LogP contribution is 2.20. The first-order chi connectivity index (χ1) is 9.60. The van der Waals surface area contributed by atoms with E-state index >= 15 is 0 Å². The molecular weight excluding hydrogens is 250 g/mol. The topological polar surface area (TPSA) is 38.3 Å². The van der Waals surface area contributed by atoms with Crippen LogP contribution >= 0.6 is 0 Å². The number of benzene rings is 2. The SMILES string of the molecule is COc1cccc(CC(=O)Nc2c(C)cccc2C)c1. The minimum atomic E-state index is -0.0179. The number of nitrogens with one attached hydrogen (secondary N) is 1. The van der Waals surface area contributed by atoms with Crippen LogP contribution in [0.4, 0.5) is 5.69 Å². The Hall–Kier alpha value is -2.29. The lowest BCUT2D eigenvalue weighted by Gasteiger charge is -2.11. The summed E-state index contributed by atoms with van der Waals surface area (Å²) in [5, 5.41) is 2.98. The van der Waals surface area contributed by atoms with E-state index < -0.39 is 0 Å². The maximum absolute atomic E-state index is 12.1. The Balaban J connectivity index is 2.09. The number of hydrogen-bond acceptors (Lipinski definition) is 2. The zero-order valence-electron chi connectivity index (χ0n) is 12.1. The fraction of sp³-hybridized carbons (Fsp3) is 0.235. The summed E-state index contributed by atoms with van der Waals surface area (Å²) in [6, 6.07) is 13.5. The minimum absolute atomic E-state index is 0.0179. The monoisotopic (exact) mass is 269 g/mol. The Bertz CT molecular complexity index is 600. The van der Waals surface area contributed by atoms with Crippen LogP contribution < -0.4 is 10.1 Å². The molecule has 3 heteroatoms. The number of rotatable bonds is 4. The molecule has 0 aromatic heterocycles. The van der Waals surface area contributed by atoms with Crippen molar-refractivity contribution in [2.75, 3.05) is 12.4 Å². The van der Waals surface area contributed by atoms with E-state index in [-0.39, 0.29) is 5.91 Å². The molecule has 2 aromatic rings. The van der Waals surface area contributed by atoms with Crippen molar-refractivity contribution in [3.63, 3.8) is 0 Å². The van der Waals surface area contributed by atoms with Crippen LogP contribution in [0.3, 0.4) is 0 Å². The van der Waals surface area contributed by atoms with Gasteiger partial charge in [0.1, 0.15) is 5.75 Å². The van der Waals surface area contributed by atoms with E-state index in [1.807, 2.05) is 56.3 Å². The van der Waals surface area contributed by atoms with Crippen LogP contribution in [-0.4, -0.2) is 13.0 Å². The third kappa shape index (κ3) is 3.38. The normalized spacial score (nSPS) is 10.2. The fourth-order valence-electron chi connectivity index (χ4n) is 2.16. The van der Waals surface area contributed by atoms with Crippen LogP contribution in [0, 0.1) is 13.8 Å². The van der Waals surface area contributed by atoms with Gasteiger partial charge in [0.05, 0.1) is 13.5 Å². The van der Waals surface area contributed by atoms with Gasteiger partial charge in [0.25, 0.3) is 0 Å². The first-order valence-electron chi connectivity index (χ1n) is 6.59. The van der Waals surface area contributed by atoms with Crippen molar-refractivity contribution in [3.8, 4) is 5.75 Å². The maximum atomic E-state index is 12.1. The van der Waals surface area contributed by atoms with Crippen molar-refractivity contribution in [3.05, 3.63) is 59.2 Å². The molecule has 1 N–H and O–H groups in total. The maximum Gasteiger partial charge on any atom is 0.228 e. The molecule has 0 aliphatic heterocycles. The van der Waals surface area contributed by atoms with E-state index in [4.69, 9.17) is 4.74 Å². The summed E-state index contributed by atoms with van der Waals surface area (Å²) >= 11 is 0. The molecule has 2 rings (SSSR count). The molecule has 3 nitrogen and oxygen atoms in total. The van der Waals surface area contributed by atoms with Crippen molar-refractivity contribution in [1.82, 2.24) is 0 Å². The van der Waals surface area contributed by atoms with Gasteiger partial charge in [-0.2, -0.15) is 0 Å². The molecule has 1 amide bonds. The Labute approximate surface area is 119 Å². The van der Waals surface area contributed by atoms with Gasteiger partial charge in [-0.15, -0.1) is 0 Å². The first kappa shape index (κ1) is 14.1. The molecule has 0 fully saturated rings. The van der Waals surface area contributed by atoms with Crippen molar-refractivity contribution in [1.29, 1.82) is 0 Å². The summed E-state index contributed by atoms with van der Waals surface area (Å²) in [4.78, 5) is 12.1. The van der Waals surface area contributed by atoms with Crippen LogP contribution in [0.2, 0.25) is 0 Å². The molecule has 0 aliphatic rings. The highest BCUT2D eigenvalue weighted by atomic mass is 16.5. The van der Waals surface area contributed by atoms with Crippen LogP contribution in [-0.2, 0) is 11.2 Å². The molecule has 104 valence electrons. The molecule has 2 aromatic carbocycles. The van der Waals surface area contributed by atoms with Gasteiger partial charge < -0.3 is 10.1 Å². The Morgan fingerprint density at radius 1 is 1.10 bits per heavy atom. The second-order valence-corrected chi connectivity index (χ2v) is 4.84. The molecule has 0 heterocycles. The van der Waals surface area contributed by atoms with E-state index in [9.17, 15) is 4.79 Å². The minimum Gasteiger partial charge on any atom is -0.497 e. The zero-order valence-corrected chi connectivity index (χ0v) is 12.1. The van der Waals surface area contributed by atoms with Crippen molar-refractivity contribution >= 4 is 11.6 Å². The van der Waals surface area contributed by atoms with Crippen LogP contribution in [0.25, 0.3) is 0 Å². The highest BCUT2D eigenvalue weighted by molar-refractivity contribution is 5.93. The van der Waals surface area contributed by atoms with Crippen LogP contribution in [0.5, 0.6) is 5.75 Å². The van der Waals surface area contributed by atoms with Gasteiger partial charge in [0.15, 0.2) is 0 Å².